The van der Waals surface area contributed by atoms with Crippen molar-refractivity contribution in [3.63, 3.8) is 0 Å². The summed E-state index contributed by atoms with van der Waals surface area (Å²) in [4.78, 5) is 0. The summed E-state index contributed by atoms with van der Waals surface area (Å²) in [5.41, 5.74) is 0.378. The molecule has 0 atom stereocenters. The minimum absolute atomic E-state index is 0.378. The van der Waals surface area contributed by atoms with Gasteiger partial charge in [-0.05, 0) is 11.8 Å². The molecule has 0 amide bonds. The van der Waals surface area contributed by atoms with Gasteiger partial charge in [0.15, 0.2) is 0 Å². The highest BCUT2D eigenvalue weighted by molar-refractivity contribution is 4.64. The van der Waals surface area contributed by atoms with E-state index in [-0.39, 0.29) is 0 Å². The Morgan fingerprint density at radius 2 is 1.85 bits per heavy atom. The van der Waals surface area contributed by atoms with E-state index < -0.39 is 0 Å². The van der Waals surface area contributed by atoms with Crippen LogP contribution in [0.25, 0.3) is 0 Å². The van der Waals surface area contributed by atoms with Crippen LogP contribution in [0.4, 0.5) is 0 Å². The Bertz CT molecular complexity index is 107. The Morgan fingerprint density at radius 1 is 1.15 bits per heavy atom. The number of hydrogen-bond donors (Lipinski definition) is 1. The molecule has 0 saturated heterocycles. The fourth-order valence-corrected chi connectivity index (χ4v) is 0.956. The predicted octanol–water partition coefficient (Wildman–Crippen LogP) is 2.44. The van der Waals surface area contributed by atoms with E-state index in [1.54, 1.807) is 0 Å². The molecule has 80 valence electrons. The fraction of sp³-hybridized carbons (Fsp3) is 1.00. The van der Waals surface area contributed by atoms with Crippen LogP contribution in [0.2, 0.25) is 0 Å². The maximum atomic E-state index is 5.43. The molecule has 0 rings (SSSR count). The highest BCUT2D eigenvalue weighted by atomic mass is 16.5. The standard InChI is InChI=1S/C11H25NO/c1-5-6-8-13-9-7-12-10-11(2,3)4/h12H,5-10H2,1-4H3. The van der Waals surface area contributed by atoms with Crippen LogP contribution in [0.1, 0.15) is 40.5 Å². The number of nitrogens with one attached hydrogen (secondary N) is 1. The monoisotopic (exact) mass is 187 g/mol. The maximum absolute atomic E-state index is 5.43. The van der Waals surface area contributed by atoms with Gasteiger partial charge in [-0.2, -0.15) is 0 Å². The zero-order valence-electron chi connectivity index (χ0n) is 9.65. The number of unbranched alkanes of at least 4 members (excludes halogenated alkanes) is 1. The summed E-state index contributed by atoms with van der Waals surface area (Å²) < 4.78 is 5.43. The van der Waals surface area contributed by atoms with Crippen LogP contribution in [0.15, 0.2) is 0 Å². The maximum Gasteiger partial charge on any atom is 0.0590 e. The summed E-state index contributed by atoms with van der Waals surface area (Å²) in [7, 11) is 0. The molecule has 0 heterocycles. The first-order chi connectivity index (χ1) is 6.06. The zero-order chi connectivity index (χ0) is 10.2. The molecule has 0 aliphatic rings. The molecule has 0 aromatic rings. The number of rotatable bonds is 7. The minimum Gasteiger partial charge on any atom is -0.380 e. The molecular weight excluding hydrogens is 162 g/mol. The topological polar surface area (TPSA) is 21.3 Å². The molecule has 0 aliphatic carbocycles. The Labute approximate surface area is 83.1 Å². The van der Waals surface area contributed by atoms with Crippen molar-refractivity contribution in [1.82, 2.24) is 5.32 Å². The van der Waals surface area contributed by atoms with Gasteiger partial charge in [-0.3, -0.25) is 0 Å². The van der Waals surface area contributed by atoms with E-state index in [9.17, 15) is 0 Å². The second-order valence-electron chi connectivity index (χ2n) is 4.70. The van der Waals surface area contributed by atoms with E-state index in [2.05, 4.69) is 33.0 Å². The third-order valence-corrected chi connectivity index (χ3v) is 1.72. The molecule has 0 bridgehead atoms. The van der Waals surface area contributed by atoms with E-state index in [1.165, 1.54) is 12.8 Å². The van der Waals surface area contributed by atoms with E-state index in [4.69, 9.17) is 4.74 Å². The summed E-state index contributed by atoms with van der Waals surface area (Å²) in [6, 6.07) is 0. The van der Waals surface area contributed by atoms with Crippen LogP contribution in [0.3, 0.4) is 0 Å². The zero-order valence-corrected chi connectivity index (χ0v) is 9.65. The Kier molecular flexibility index (Phi) is 7.29. The van der Waals surface area contributed by atoms with Crippen molar-refractivity contribution < 1.29 is 4.74 Å². The normalized spacial score (nSPS) is 12.0. The molecule has 0 unspecified atom stereocenters. The van der Waals surface area contributed by atoms with Gasteiger partial charge in [-0.25, -0.2) is 0 Å². The highest BCUT2D eigenvalue weighted by Gasteiger charge is 2.07. The average molecular weight is 187 g/mol. The molecular formula is C11H25NO. The minimum atomic E-state index is 0.378. The summed E-state index contributed by atoms with van der Waals surface area (Å²) in [6.45, 7) is 12.7. The molecule has 2 nitrogen and oxygen atoms in total. The molecule has 0 aromatic carbocycles. The summed E-state index contributed by atoms with van der Waals surface area (Å²) in [5, 5.41) is 3.38. The van der Waals surface area contributed by atoms with Gasteiger partial charge >= 0.3 is 0 Å². The van der Waals surface area contributed by atoms with Crippen molar-refractivity contribution in [2.45, 2.75) is 40.5 Å². The molecule has 0 aliphatic heterocycles. The van der Waals surface area contributed by atoms with Crippen molar-refractivity contribution in [3.8, 4) is 0 Å². The smallest absolute Gasteiger partial charge is 0.0590 e. The lowest BCUT2D eigenvalue weighted by Gasteiger charge is -2.18. The van der Waals surface area contributed by atoms with Gasteiger partial charge < -0.3 is 10.1 Å². The Balaban J connectivity index is 3.00. The van der Waals surface area contributed by atoms with E-state index in [0.717, 1.165) is 26.3 Å². The van der Waals surface area contributed by atoms with Gasteiger partial charge in [-0.15, -0.1) is 0 Å². The van der Waals surface area contributed by atoms with Gasteiger partial charge in [0.25, 0.3) is 0 Å². The molecule has 1 N–H and O–H groups in total. The van der Waals surface area contributed by atoms with E-state index in [0.29, 0.717) is 5.41 Å². The average Bonchev–Trinajstić information content (AvgIpc) is 2.01. The highest BCUT2D eigenvalue weighted by Crippen LogP contribution is 2.09. The van der Waals surface area contributed by atoms with Crippen LogP contribution in [0, 0.1) is 5.41 Å². The molecule has 2 heteroatoms. The third-order valence-electron chi connectivity index (χ3n) is 1.72. The van der Waals surface area contributed by atoms with Crippen molar-refractivity contribution >= 4 is 0 Å². The predicted molar refractivity (Wildman–Crippen MR) is 58.1 cm³/mol. The van der Waals surface area contributed by atoms with Crippen LogP contribution in [0.5, 0.6) is 0 Å². The van der Waals surface area contributed by atoms with E-state index >= 15 is 0 Å². The molecule has 0 spiro atoms. The van der Waals surface area contributed by atoms with Crippen LogP contribution >= 0.6 is 0 Å². The Morgan fingerprint density at radius 3 is 2.38 bits per heavy atom. The summed E-state index contributed by atoms with van der Waals surface area (Å²) in [6.07, 6.45) is 2.40. The lowest BCUT2D eigenvalue weighted by atomic mass is 9.97. The largest absolute Gasteiger partial charge is 0.380 e. The van der Waals surface area contributed by atoms with Gasteiger partial charge in [-0.1, -0.05) is 34.1 Å². The first-order valence-corrected chi connectivity index (χ1v) is 5.35. The summed E-state index contributed by atoms with van der Waals surface area (Å²) in [5.74, 6) is 0. The van der Waals surface area contributed by atoms with Crippen LogP contribution in [-0.4, -0.2) is 26.3 Å². The van der Waals surface area contributed by atoms with Crippen LogP contribution < -0.4 is 5.32 Å². The van der Waals surface area contributed by atoms with Gasteiger partial charge in [0.1, 0.15) is 0 Å². The lowest BCUT2D eigenvalue weighted by molar-refractivity contribution is 0.131. The molecule has 0 fully saturated rings. The van der Waals surface area contributed by atoms with Crippen molar-refractivity contribution in [3.05, 3.63) is 0 Å². The van der Waals surface area contributed by atoms with Crippen molar-refractivity contribution in [2.75, 3.05) is 26.3 Å². The second-order valence-corrected chi connectivity index (χ2v) is 4.70. The van der Waals surface area contributed by atoms with Gasteiger partial charge in [0, 0.05) is 19.7 Å². The SMILES string of the molecule is CCCCOCCNCC(C)(C)C. The number of hydrogen-bond acceptors (Lipinski definition) is 2. The fourth-order valence-electron chi connectivity index (χ4n) is 0.956. The molecule has 13 heavy (non-hydrogen) atoms. The molecule has 0 saturated carbocycles. The first-order valence-electron chi connectivity index (χ1n) is 5.35. The quantitative estimate of drug-likeness (QED) is 0.618. The Hall–Kier alpha value is -0.0800. The molecule has 0 aromatic heterocycles. The van der Waals surface area contributed by atoms with Crippen LogP contribution in [-0.2, 0) is 4.74 Å². The summed E-state index contributed by atoms with van der Waals surface area (Å²) >= 11 is 0. The van der Waals surface area contributed by atoms with Crippen molar-refractivity contribution in [1.29, 1.82) is 0 Å². The first kappa shape index (κ1) is 12.9. The van der Waals surface area contributed by atoms with Crippen molar-refractivity contribution in [2.24, 2.45) is 5.41 Å². The lowest BCUT2D eigenvalue weighted by Crippen LogP contribution is -2.29. The molecule has 0 radical (unpaired) electrons. The van der Waals surface area contributed by atoms with Gasteiger partial charge in [0.2, 0.25) is 0 Å². The number of ether oxygens (including phenoxy) is 1. The second kappa shape index (κ2) is 7.34. The van der Waals surface area contributed by atoms with Gasteiger partial charge in [0.05, 0.1) is 6.61 Å². The third kappa shape index (κ3) is 11.9. The van der Waals surface area contributed by atoms with E-state index in [1.807, 2.05) is 0 Å².